The van der Waals surface area contributed by atoms with Gasteiger partial charge in [-0.15, -0.1) is 0 Å². The molecule has 0 aliphatic carbocycles. The molecule has 0 amide bonds. The van der Waals surface area contributed by atoms with Gasteiger partial charge in [-0.1, -0.05) is 0 Å². The van der Waals surface area contributed by atoms with Crippen molar-refractivity contribution in [3.05, 3.63) is 0 Å². The summed E-state index contributed by atoms with van der Waals surface area (Å²) in [5.74, 6) is 0. The lowest BCUT2D eigenvalue weighted by Crippen LogP contribution is -2.29. The Bertz CT molecular complexity index is 333. The topological polar surface area (TPSA) is 86.7 Å². The fourth-order valence-corrected chi connectivity index (χ4v) is 1.69. The molecule has 0 saturated carbocycles. The standard InChI is InChI=1S/C5H11FO6S2/c1-4(11-13(2,7)8)5(6)12-14(3,9)10/h4-5H,1-3H3. The maximum Gasteiger partial charge on any atom is 0.267 e. The summed E-state index contributed by atoms with van der Waals surface area (Å²) in [5.41, 5.74) is 0. The average Bonchev–Trinajstić information content (AvgIpc) is 1.78. The number of halogens is 1. The molecule has 0 aromatic carbocycles. The zero-order chi connectivity index (χ0) is 11.6. The Balaban J connectivity index is 4.35. The van der Waals surface area contributed by atoms with Gasteiger partial charge in [-0.3, -0.25) is 4.18 Å². The van der Waals surface area contributed by atoms with Crippen LogP contribution < -0.4 is 0 Å². The molecule has 0 spiro atoms. The highest BCUT2D eigenvalue weighted by atomic mass is 32.2. The second kappa shape index (κ2) is 4.51. The van der Waals surface area contributed by atoms with Gasteiger partial charge in [0.05, 0.1) is 12.5 Å². The van der Waals surface area contributed by atoms with Gasteiger partial charge in [0.15, 0.2) is 0 Å². The smallest absolute Gasteiger partial charge is 0.262 e. The Morgan fingerprint density at radius 1 is 1.00 bits per heavy atom. The van der Waals surface area contributed by atoms with Crippen molar-refractivity contribution < 1.29 is 29.6 Å². The SMILES string of the molecule is CC(OS(C)(=O)=O)C(F)OS(C)(=O)=O. The van der Waals surface area contributed by atoms with Crippen LogP contribution in [0.4, 0.5) is 4.39 Å². The Labute approximate surface area is 82.3 Å². The zero-order valence-electron chi connectivity index (χ0n) is 7.80. The van der Waals surface area contributed by atoms with E-state index in [1.165, 1.54) is 0 Å². The van der Waals surface area contributed by atoms with E-state index >= 15 is 0 Å². The second-order valence-electron chi connectivity index (χ2n) is 2.66. The van der Waals surface area contributed by atoms with Crippen molar-refractivity contribution in [1.29, 1.82) is 0 Å². The van der Waals surface area contributed by atoms with Crippen molar-refractivity contribution in [2.75, 3.05) is 12.5 Å². The number of alkyl halides is 1. The zero-order valence-corrected chi connectivity index (χ0v) is 9.43. The first-order chi connectivity index (χ1) is 6.01. The summed E-state index contributed by atoms with van der Waals surface area (Å²) in [6.45, 7) is 1.04. The Morgan fingerprint density at radius 2 is 1.36 bits per heavy atom. The van der Waals surface area contributed by atoms with E-state index in [0.29, 0.717) is 6.26 Å². The molecular weight excluding hydrogens is 239 g/mol. The van der Waals surface area contributed by atoms with E-state index in [4.69, 9.17) is 0 Å². The van der Waals surface area contributed by atoms with Crippen LogP contribution in [-0.4, -0.2) is 41.8 Å². The summed E-state index contributed by atoms with van der Waals surface area (Å²) >= 11 is 0. The van der Waals surface area contributed by atoms with Crippen molar-refractivity contribution in [2.24, 2.45) is 0 Å². The lowest BCUT2D eigenvalue weighted by Gasteiger charge is -2.14. The van der Waals surface area contributed by atoms with Crippen LogP contribution in [-0.2, 0) is 28.6 Å². The maximum absolute atomic E-state index is 12.8. The van der Waals surface area contributed by atoms with Crippen LogP contribution in [0, 0.1) is 0 Å². The molecule has 0 N–H and O–H groups in total. The number of hydrogen-bond donors (Lipinski definition) is 0. The molecule has 86 valence electrons. The lowest BCUT2D eigenvalue weighted by atomic mass is 10.4. The second-order valence-corrected chi connectivity index (χ2v) is 5.86. The molecule has 2 unspecified atom stereocenters. The molecule has 9 heteroatoms. The van der Waals surface area contributed by atoms with Gasteiger partial charge in [0.1, 0.15) is 6.10 Å². The van der Waals surface area contributed by atoms with Gasteiger partial charge in [-0.05, 0) is 6.92 Å². The van der Waals surface area contributed by atoms with Gasteiger partial charge in [0, 0.05) is 0 Å². The molecule has 0 radical (unpaired) electrons. The van der Waals surface area contributed by atoms with E-state index in [2.05, 4.69) is 8.37 Å². The van der Waals surface area contributed by atoms with E-state index in [9.17, 15) is 21.2 Å². The van der Waals surface area contributed by atoms with Crippen molar-refractivity contribution in [3.8, 4) is 0 Å². The summed E-state index contributed by atoms with van der Waals surface area (Å²) in [6.07, 6.45) is -2.50. The van der Waals surface area contributed by atoms with Crippen LogP contribution >= 0.6 is 0 Å². The minimum absolute atomic E-state index is 0.646. The van der Waals surface area contributed by atoms with Crippen LogP contribution in [0.25, 0.3) is 0 Å². The van der Waals surface area contributed by atoms with Crippen LogP contribution in [0.15, 0.2) is 0 Å². The summed E-state index contributed by atoms with van der Waals surface area (Å²) in [6, 6.07) is 0. The monoisotopic (exact) mass is 250 g/mol. The van der Waals surface area contributed by atoms with Crippen LogP contribution in [0.1, 0.15) is 6.92 Å². The molecule has 0 saturated heterocycles. The third-order valence-corrected chi connectivity index (χ3v) is 2.15. The van der Waals surface area contributed by atoms with Gasteiger partial charge < -0.3 is 0 Å². The fraction of sp³-hybridized carbons (Fsp3) is 1.00. The molecule has 0 aromatic rings. The molecule has 0 rings (SSSR count). The molecule has 6 nitrogen and oxygen atoms in total. The van der Waals surface area contributed by atoms with Crippen LogP contribution in [0.5, 0.6) is 0 Å². The Hall–Kier alpha value is -0.250. The molecule has 0 bridgehead atoms. The van der Waals surface area contributed by atoms with E-state index in [-0.39, 0.29) is 0 Å². The first kappa shape index (κ1) is 13.8. The molecular formula is C5H11FO6S2. The van der Waals surface area contributed by atoms with Gasteiger partial charge >= 0.3 is 0 Å². The first-order valence-corrected chi connectivity index (χ1v) is 7.05. The van der Waals surface area contributed by atoms with Crippen LogP contribution in [0.3, 0.4) is 0 Å². The van der Waals surface area contributed by atoms with E-state index in [1.54, 1.807) is 0 Å². The molecule has 0 aliphatic heterocycles. The average molecular weight is 250 g/mol. The van der Waals surface area contributed by atoms with Gasteiger partial charge in [0.2, 0.25) is 6.36 Å². The first-order valence-electron chi connectivity index (χ1n) is 3.42. The highest BCUT2D eigenvalue weighted by Crippen LogP contribution is 2.10. The summed E-state index contributed by atoms with van der Waals surface area (Å²) in [4.78, 5) is 0. The molecule has 0 heterocycles. The van der Waals surface area contributed by atoms with Gasteiger partial charge in [0.25, 0.3) is 20.2 Å². The molecule has 14 heavy (non-hydrogen) atoms. The van der Waals surface area contributed by atoms with E-state index < -0.39 is 32.7 Å². The lowest BCUT2D eigenvalue weighted by molar-refractivity contribution is -0.0167. The summed E-state index contributed by atoms with van der Waals surface area (Å²) in [5, 5.41) is 0. The Kier molecular flexibility index (Phi) is 4.43. The predicted molar refractivity (Wildman–Crippen MR) is 46.2 cm³/mol. The third kappa shape index (κ3) is 7.18. The fourth-order valence-electron chi connectivity index (χ4n) is 0.565. The summed E-state index contributed by atoms with van der Waals surface area (Å²) in [7, 11) is -7.81. The van der Waals surface area contributed by atoms with Crippen molar-refractivity contribution >= 4 is 20.2 Å². The molecule has 0 fully saturated rings. The highest BCUT2D eigenvalue weighted by molar-refractivity contribution is 7.86. The normalized spacial score (nSPS) is 17.7. The quantitative estimate of drug-likeness (QED) is 0.618. The third-order valence-electron chi connectivity index (χ3n) is 0.962. The molecule has 2 atom stereocenters. The Morgan fingerprint density at radius 3 is 1.64 bits per heavy atom. The van der Waals surface area contributed by atoms with E-state index in [1.807, 2.05) is 0 Å². The van der Waals surface area contributed by atoms with Crippen molar-refractivity contribution in [1.82, 2.24) is 0 Å². The van der Waals surface area contributed by atoms with Gasteiger partial charge in [-0.25, -0.2) is 8.57 Å². The largest absolute Gasteiger partial charge is 0.267 e. The number of rotatable bonds is 5. The van der Waals surface area contributed by atoms with Crippen LogP contribution in [0.2, 0.25) is 0 Å². The molecule has 0 aliphatic rings. The minimum atomic E-state index is -3.97. The van der Waals surface area contributed by atoms with Crippen molar-refractivity contribution in [2.45, 2.75) is 19.4 Å². The minimum Gasteiger partial charge on any atom is -0.262 e. The molecule has 0 aromatic heterocycles. The van der Waals surface area contributed by atoms with Gasteiger partial charge in [-0.2, -0.15) is 16.8 Å². The van der Waals surface area contributed by atoms with E-state index in [0.717, 1.165) is 13.2 Å². The summed E-state index contributed by atoms with van der Waals surface area (Å²) < 4.78 is 62.8. The number of hydrogen-bond acceptors (Lipinski definition) is 6. The predicted octanol–water partition coefficient (Wildman–Crippen LogP) is -0.377. The highest BCUT2D eigenvalue weighted by Gasteiger charge is 2.25. The maximum atomic E-state index is 12.8. The van der Waals surface area contributed by atoms with Crippen molar-refractivity contribution in [3.63, 3.8) is 0 Å².